The van der Waals surface area contributed by atoms with Crippen molar-refractivity contribution in [3.63, 3.8) is 0 Å². The predicted octanol–water partition coefficient (Wildman–Crippen LogP) is 1.66. The van der Waals surface area contributed by atoms with Gasteiger partial charge < -0.3 is 30.7 Å². The molecular formula is C20H32N4O4. The van der Waals surface area contributed by atoms with E-state index >= 15 is 0 Å². The molecule has 0 radical (unpaired) electrons. The number of nitrogens with one attached hydrogen (secondary N) is 3. The van der Waals surface area contributed by atoms with Crippen LogP contribution in [0.15, 0.2) is 18.2 Å². The highest BCUT2D eigenvalue weighted by atomic mass is 16.5. The highest BCUT2D eigenvalue weighted by Crippen LogP contribution is 2.34. The number of likely N-dealkylation sites (N-methyl/N-ethyl adjacent to an activating group) is 1. The van der Waals surface area contributed by atoms with Gasteiger partial charge in [-0.05, 0) is 40.0 Å². The van der Waals surface area contributed by atoms with Gasteiger partial charge in [0.15, 0.2) is 5.75 Å². The van der Waals surface area contributed by atoms with Gasteiger partial charge >= 0.3 is 6.03 Å². The van der Waals surface area contributed by atoms with E-state index in [-0.39, 0.29) is 42.7 Å². The lowest BCUT2D eigenvalue weighted by Gasteiger charge is -2.37. The van der Waals surface area contributed by atoms with Gasteiger partial charge in [0.05, 0.1) is 23.9 Å². The van der Waals surface area contributed by atoms with E-state index in [1.165, 1.54) is 0 Å². The van der Waals surface area contributed by atoms with Gasteiger partial charge in [0.25, 0.3) is 5.91 Å². The molecule has 0 aromatic heterocycles. The summed E-state index contributed by atoms with van der Waals surface area (Å²) in [4.78, 5) is 27.1. The summed E-state index contributed by atoms with van der Waals surface area (Å²) in [5, 5.41) is 18.3. The van der Waals surface area contributed by atoms with Crippen LogP contribution in [0.4, 0.5) is 10.5 Å². The molecule has 3 atom stereocenters. The SMILES string of the molecule is CNC[C@@H]1Oc2c(NC(=O)NC(C)C)cccc2C(=O)N([C@H](C)CO)C[C@@H]1C. The molecule has 8 nitrogen and oxygen atoms in total. The topological polar surface area (TPSA) is 103 Å². The molecule has 0 saturated heterocycles. The minimum Gasteiger partial charge on any atom is -0.486 e. The Bertz CT molecular complexity index is 695. The second-order valence-corrected chi connectivity index (χ2v) is 7.62. The highest BCUT2D eigenvalue weighted by Gasteiger charge is 2.33. The van der Waals surface area contributed by atoms with Crippen molar-refractivity contribution >= 4 is 17.6 Å². The van der Waals surface area contributed by atoms with Gasteiger partial charge in [0.2, 0.25) is 0 Å². The molecule has 1 aromatic carbocycles. The number of fused-ring (bicyclic) bond motifs is 1. The van der Waals surface area contributed by atoms with E-state index in [1.54, 1.807) is 23.1 Å². The Kier molecular flexibility index (Phi) is 7.65. The number of nitrogens with zero attached hydrogens (tertiary/aromatic N) is 1. The van der Waals surface area contributed by atoms with E-state index in [0.29, 0.717) is 30.1 Å². The summed E-state index contributed by atoms with van der Waals surface area (Å²) >= 11 is 0. The van der Waals surface area contributed by atoms with Crippen molar-refractivity contribution in [3.8, 4) is 5.75 Å². The van der Waals surface area contributed by atoms with Crippen molar-refractivity contribution in [2.45, 2.75) is 45.9 Å². The van der Waals surface area contributed by atoms with Gasteiger partial charge in [-0.1, -0.05) is 13.0 Å². The molecule has 0 spiro atoms. The molecule has 0 aliphatic carbocycles. The molecule has 0 fully saturated rings. The number of aliphatic hydroxyl groups is 1. The van der Waals surface area contributed by atoms with Crippen molar-refractivity contribution in [2.24, 2.45) is 5.92 Å². The van der Waals surface area contributed by atoms with E-state index in [2.05, 4.69) is 16.0 Å². The van der Waals surface area contributed by atoms with Crippen LogP contribution in [0, 0.1) is 5.92 Å². The summed E-state index contributed by atoms with van der Waals surface area (Å²) < 4.78 is 6.24. The van der Waals surface area contributed by atoms with Gasteiger partial charge in [0.1, 0.15) is 6.10 Å². The molecule has 0 bridgehead atoms. The van der Waals surface area contributed by atoms with Crippen LogP contribution >= 0.6 is 0 Å². The van der Waals surface area contributed by atoms with Crippen LogP contribution in [-0.2, 0) is 0 Å². The molecule has 1 aromatic rings. The van der Waals surface area contributed by atoms with Crippen LogP contribution in [0.5, 0.6) is 5.75 Å². The van der Waals surface area contributed by atoms with Crippen LogP contribution in [0.1, 0.15) is 38.1 Å². The Morgan fingerprint density at radius 2 is 2.07 bits per heavy atom. The minimum atomic E-state index is -0.361. The Morgan fingerprint density at radius 3 is 2.68 bits per heavy atom. The number of rotatable bonds is 6. The second kappa shape index (κ2) is 9.75. The molecular weight excluding hydrogens is 360 g/mol. The zero-order valence-electron chi connectivity index (χ0n) is 17.3. The summed E-state index contributed by atoms with van der Waals surface area (Å²) in [6.45, 7) is 8.50. The van der Waals surface area contributed by atoms with Crippen LogP contribution in [0.2, 0.25) is 0 Å². The summed E-state index contributed by atoms with van der Waals surface area (Å²) in [6, 6.07) is 4.41. The maximum atomic E-state index is 13.2. The summed E-state index contributed by atoms with van der Waals surface area (Å²) in [5.74, 6) is 0.156. The Hall–Kier alpha value is -2.32. The molecule has 4 N–H and O–H groups in total. The molecule has 8 heteroatoms. The highest BCUT2D eigenvalue weighted by molar-refractivity contribution is 6.01. The van der Waals surface area contributed by atoms with E-state index in [0.717, 1.165) is 0 Å². The first-order chi connectivity index (χ1) is 13.3. The van der Waals surface area contributed by atoms with Crippen LogP contribution < -0.4 is 20.7 Å². The minimum absolute atomic E-state index is 0.0222. The smallest absolute Gasteiger partial charge is 0.319 e. The summed E-state index contributed by atoms with van der Waals surface area (Å²) in [7, 11) is 1.84. The van der Waals surface area contributed by atoms with E-state index in [1.807, 2.05) is 34.7 Å². The first kappa shape index (κ1) is 22.0. The largest absolute Gasteiger partial charge is 0.486 e. The van der Waals surface area contributed by atoms with E-state index in [4.69, 9.17) is 4.74 Å². The average Bonchev–Trinajstić information content (AvgIpc) is 2.64. The first-order valence-electron chi connectivity index (χ1n) is 9.72. The lowest BCUT2D eigenvalue weighted by molar-refractivity contribution is 0.0417. The van der Waals surface area contributed by atoms with Crippen molar-refractivity contribution in [1.29, 1.82) is 0 Å². The summed E-state index contributed by atoms with van der Waals surface area (Å²) in [6.07, 6.45) is -0.207. The lowest BCUT2D eigenvalue weighted by atomic mass is 9.99. The van der Waals surface area contributed by atoms with Crippen LogP contribution in [0.3, 0.4) is 0 Å². The predicted molar refractivity (Wildman–Crippen MR) is 109 cm³/mol. The lowest BCUT2D eigenvalue weighted by Crippen LogP contribution is -2.49. The Labute approximate surface area is 166 Å². The molecule has 1 aliphatic heterocycles. The van der Waals surface area contributed by atoms with Crippen LogP contribution in [0.25, 0.3) is 0 Å². The van der Waals surface area contributed by atoms with Crippen molar-refractivity contribution in [3.05, 3.63) is 23.8 Å². The van der Waals surface area contributed by atoms with Crippen LogP contribution in [-0.4, -0.2) is 66.9 Å². The molecule has 3 amide bonds. The number of aliphatic hydroxyl groups excluding tert-OH is 1. The van der Waals surface area contributed by atoms with Gasteiger partial charge in [-0.15, -0.1) is 0 Å². The number of benzene rings is 1. The molecule has 1 heterocycles. The average molecular weight is 393 g/mol. The number of ether oxygens (including phenoxy) is 1. The quantitative estimate of drug-likeness (QED) is 0.590. The zero-order chi connectivity index (χ0) is 20.8. The van der Waals surface area contributed by atoms with Crippen molar-refractivity contribution < 1.29 is 19.4 Å². The number of carbonyl (C=O) groups excluding carboxylic acids is 2. The standard InChI is InChI=1S/C20H32N4O4/c1-12(2)22-20(27)23-16-8-6-7-15-18(16)28-17(9-21-5)13(3)10-24(19(15)26)14(4)11-25/h6-8,12-14,17,21,25H,9-11H2,1-5H3,(H2,22,23,27)/t13-,14+,17-/m0/s1. The van der Waals surface area contributed by atoms with E-state index in [9.17, 15) is 14.7 Å². The number of hydrogen-bond acceptors (Lipinski definition) is 5. The van der Waals surface area contributed by atoms with Gasteiger partial charge in [-0.2, -0.15) is 0 Å². The van der Waals surface area contributed by atoms with Crippen molar-refractivity contribution in [1.82, 2.24) is 15.5 Å². The number of amides is 3. The monoisotopic (exact) mass is 392 g/mol. The number of carbonyl (C=O) groups is 2. The van der Waals surface area contributed by atoms with Gasteiger partial charge in [-0.25, -0.2) is 4.79 Å². The molecule has 0 saturated carbocycles. The third-order valence-electron chi connectivity index (χ3n) is 4.76. The maximum Gasteiger partial charge on any atom is 0.319 e. The van der Waals surface area contributed by atoms with Gasteiger partial charge in [-0.3, -0.25) is 4.79 Å². The fourth-order valence-electron chi connectivity index (χ4n) is 3.21. The number of urea groups is 1. The Balaban J connectivity index is 2.48. The third-order valence-corrected chi connectivity index (χ3v) is 4.76. The number of hydrogen-bond donors (Lipinski definition) is 4. The zero-order valence-corrected chi connectivity index (χ0v) is 17.3. The number of para-hydroxylation sites is 1. The fraction of sp³-hybridized carbons (Fsp3) is 0.600. The molecule has 28 heavy (non-hydrogen) atoms. The normalized spacial score (nSPS) is 20.7. The van der Waals surface area contributed by atoms with Gasteiger partial charge in [0, 0.05) is 25.0 Å². The Morgan fingerprint density at radius 1 is 1.36 bits per heavy atom. The van der Waals surface area contributed by atoms with E-state index < -0.39 is 0 Å². The molecule has 1 aliphatic rings. The fourth-order valence-corrected chi connectivity index (χ4v) is 3.21. The first-order valence-corrected chi connectivity index (χ1v) is 9.72. The van der Waals surface area contributed by atoms with Crippen molar-refractivity contribution in [2.75, 3.05) is 32.1 Å². The molecule has 2 rings (SSSR count). The maximum absolute atomic E-state index is 13.2. The third kappa shape index (κ3) is 5.14. The number of anilines is 1. The summed E-state index contributed by atoms with van der Waals surface area (Å²) in [5.41, 5.74) is 0.812. The molecule has 0 unspecified atom stereocenters. The molecule has 156 valence electrons. The second-order valence-electron chi connectivity index (χ2n) is 7.62.